The van der Waals surface area contributed by atoms with Gasteiger partial charge in [-0.3, -0.25) is 9.78 Å². The van der Waals surface area contributed by atoms with E-state index in [1.165, 1.54) is 0 Å². The number of aromatic nitrogens is 1. The highest BCUT2D eigenvalue weighted by Crippen LogP contribution is 2.37. The number of carbonyl (C=O) groups is 1. The van der Waals surface area contributed by atoms with Crippen LogP contribution in [0.15, 0.2) is 36.7 Å². The molecule has 0 aliphatic carbocycles. The van der Waals surface area contributed by atoms with Gasteiger partial charge in [0.1, 0.15) is 12.4 Å². The van der Waals surface area contributed by atoms with Gasteiger partial charge in [0.05, 0.1) is 0 Å². The smallest absolute Gasteiger partial charge is 0.248 e. The third-order valence-corrected chi connectivity index (χ3v) is 2.85. The Labute approximate surface area is 98.0 Å². The van der Waals surface area contributed by atoms with Crippen molar-refractivity contribution in [2.24, 2.45) is 5.73 Å². The third kappa shape index (κ3) is 1.54. The van der Waals surface area contributed by atoms with E-state index in [9.17, 15) is 4.79 Å². The van der Waals surface area contributed by atoms with Crippen LogP contribution in [0, 0.1) is 0 Å². The number of primary amides is 1. The monoisotopic (exact) mass is 226 g/mol. The molecule has 2 heterocycles. The first-order valence-corrected chi connectivity index (χ1v) is 5.25. The normalized spacial score (nSPS) is 12.2. The first-order chi connectivity index (χ1) is 8.25. The van der Waals surface area contributed by atoms with Crippen LogP contribution in [0.3, 0.4) is 0 Å². The lowest BCUT2D eigenvalue weighted by Gasteiger charge is -2.20. The molecule has 1 amide bonds. The number of nitrogens with zero attached hydrogens (tertiary/aromatic N) is 1. The van der Waals surface area contributed by atoms with Crippen LogP contribution in [0.5, 0.6) is 5.75 Å². The summed E-state index contributed by atoms with van der Waals surface area (Å²) in [5.41, 5.74) is 8.78. The summed E-state index contributed by atoms with van der Waals surface area (Å²) < 4.78 is 5.61. The van der Waals surface area contributed by atoms with Crippen molar-refractivity contribution in [1.29, 1.82) is 0 Å². The average Bonchev–Trinajstić information content (AvgIpc) is 2.38. The highest BCUT2D eigenvalue weighted by Gasteiger charge is 2.18. The van der Waals surface area contributed by atoms with E-state index >= 15 is 0 Å². The minimum atomic E-state index is -0.451. The molecule has 0 bridgehead atoms. The zero-order valence-corrected chi connectivity index (χ0v) is 9.01. The van der Waals surface area contributed by atoms with E-state index in [0.717, 1.165) is 16.7 Å². The van der Waals surface area contributed by atoms with Crippen LogP contribution in [0.4, 0.5) is 0 Å². The molecule has 4 nitrogen and oxygen atoms in total. The number of pyridine rings is 1. The van der Waals surface area contributed by atoms with Gasteiger partial charge in [0, 0.05) is 34.6 Å². The van der Waals surface area contributed by atoms with Gasteiger partial charge in [0.2, 0.25) is 5.91 Å². The minimum Gasteiger partial charge on any atom is -0.488 e. The lowest BCUT2D eigenvalue weighted by atomic mass is 9.98. The van der Waals surface area contributed by atoms with Gasteiger partial charge in [0.25, 0.3) is 0 Å². The highest BCUT2D eigenvalue weighted by atomic mass is 16.5. The second kappa shape index (κ2) is 3.59. The summed E-state index contributed by atoms with van der Waals surface area (Å²) in [5.74, 6) is 0.232. The average molecular weight is 226 g/mol. The number of benzene rings is 1. The molecule has 4 heteroatoms. The van der Waals surface area contributed by atoms with Gasteiger partial charge in [-0.1, -0.05) is 0 Å². The van der Waals surface area contributed by atoms with E-state index in [1.807, 2.05) is 12.1 Å². The Morgan fingerprint density at radius 2 is 2.18 bits per heavy atom. The molecule has 2 N–H and O–H groups in total. The number of carbonyl (C=O) groups excluding carboxylic acids is 1. The van der Waals surface area contributed by atoms with Crippen molar-refractivity contribution in [3.8, 4) is 16.9 Å². The molecule has 0 saturated heterocycles. The summed E-state index contributed by atoms with van der Waals surface area (Å²) in [5, 5.41) is 0. The van der Waals surface area contributed by atoms with Crippen LogP contribution < -0.4 is 10.5 Å². The van der Waals surface area contributed by atoms with Crippen molar-refractivity contribution in [2.75, 3.05) is 0 Å². The number of ether oxygens (including phenoxy) is 1. The highest BCUT2D eigenvalue weighted by molar-refractivity contribution is 5.94. The molecule has 17 heavy (non-hydrogen) atoms. The maximum Gasteiger partial charge on any atom is 0.248 e. The molecule has 0 spiro atoms. The summed E-state index contributed by atoms with van der Waals surface area (Å²) in [6.45, 7) is 0.493. The molecule has 0 unspecified atom stereocenters. The van der Waals surface area contributed by atoms with E-state index < -0.39 is 5.91 Å². The van der Waals surface area contributed by atoms with Crippen LogP contribution in [0.25, 0.3) is 11.1 Å². The number of fused-ring (bicyclic) bond motifs is 3. The molecule has 1 aromatic carbocycles. The predicted octanol–water partition coefficient (Wildman–Crippen LogP) is 1.74. The Morgan fingerprint density at radius 1 is 1.29 bits per heavy atom. The Morgan fingerprint density at radius 3 is 3.00 bits per heavy atom. The second-order valence-corrected chi connectivity index (χ2v) is 3.90. The molecule has 0 atom stereocenters. The van der Waals surface area contributed by atoms with E-state index in [2.05, 4.69) is 4.98 Å². The number of rotatable bonds is 1. The summed E-state index contributed by atoms with van der Waals surface area (Å²) >= 11 is 0. The molecular formula is C13H10N2O2. The maximum absolute atomic E-state index is 11.1. The third-order valence-electron chi connectivity index (χ3n) is 2.85. The molecule has 3 rings (SSSR count). The standard InChI is InChI=1S/C13H10N2O2/c14-13(16)8-1-2-10-11-6-15-4-3-9(11)7-17-12(10)5-8/h1-6H,7H2,(H2,14,16). The van der Waals surface area contributed by atoms with Crippen LogP contribution in [0.1, 0.15) is 15.9 Å². The lowest BCUT2D eigenvalue weighted by Crippen LogP contribution is -2.12. The van der Waals surface area contributed by atoms with Crippen molar-refractivity contribution >= 4 is 5.91 Å². The fourth-order valence-corrected chi connectivity index (χ4v) is 1.96. The fraction of sp³-hybridized carbons (Fsp3) is 0.0769. The zero-order valence-electron chi connectivity index (χ0n) is 9.01. The first kappa shape index (κ1) is 9.84. The van der Waals surface area contributed by atoms with Crippen LogP contribution >= 0.6 is 0 Å². The topological polar surface area (TPSA) is 65.2 Å². The maximum atomic E-state index is 11.1. The van der Waals surface area contributed by atoms with Gasteiger partial charge < -0.3 is 10.5 Å². The molecule has 2 aromatic rings. The predicted molar refractivity (Wildman–Crippen MR) is 62.5 cm³/mol. The molecule has 1 aliphatic heterocycles. The Balaban J connectivity index is 2.18. The van der Waals surface area contributed by atoms with Crippen molar-refractivity contribution in [2.45, 2.75) is 6.61 Å². The number of hydrogen-bond donors (Lipinski definition) is 1. The molecule has 0 fully saturated rings. The summed E-state index contributed by atoms with van der Waals surface area (Å²) in [7, 11) is 0. The van der Waals surface area contributed by atoms with Gasteiger partial charge >= 0.3 is 0 Å². The first-order valence-electron chi connectivity index (χ1n) is 5.25. The molecule has 0 saturated carbocycles. The van der Waals surface area contributed by atoms with Crippen molar-refractivity contribution in [1.82, 2.24) is 4.98 Å². The van der Waals surface area contributed by atoms with Crippen LogP contribution in [-0.2, 0) is 6.61 Å². The van der Waals surface area contributed by atoms with Gasteiger partial charge in [-0.25, -0.2) is 0 Å². The quantitative estimate of drug-likeness (QED) is 0.805. The van der Waals surface area contributed by atoms with Gasteiger partial charge in [-0.05, 0) is 24.3 Å². The van der Waals surface area contributed by atoms with Crippen molar-refractivity contribution in [3.05, 3.63) is 47.8 Å². The second-order valence-electron chi connectivity index (χ2n) is 3.90. The van der Waals surface area contributed by atoms with Crippen LogP contribution in [0.2, 0.25) is 0 Å². The van der Waals surface area contributed by atoms with Gasteiger partial charge in [-0.15, -0.1) is 0 Å². The molecule has 1 aromatic heterocycles. The Hall–Kier alpha value is -2.36. The largest absolute Gasteiger partial charge is 0.488 e. The van der Waals surface area contributed by atoms with Gasteiger partial charge in [0.15, 0.2) is 0 Å². The molecule has 1 aliphatic rings. The number of amides is 1. The Kier molecular flexibility index (Phi) is 2.08. The molecule has 84 valence electrons. The lowest BCUT2D eigenvalue weighted by molar-refractivity contribution is 0.1000. The molecular weight excluding hydrogens is 216 g/mol. The fourth-order valence-electron chi connectivity index (χ4n) is 1.96. The summed E-state index contributed by atoms with van der Waals surface area (Å²) in [4.78, 5) is 15.2. The van der Waals surface area contributed by atoms with Gasteiger partial charge in [-0.2, -0.15) is 0 Å². The van der Waals surface area contributed by atoms with Crippen molar-refractivity contribution < 1.29 is 9.53 Å². The summed E-state index contributed by atoms with van der Waals surface area (Å²) in [6, 6.07) is 7.15. The van der Waals surface area contributed by atoms with E-state index in [4.69, 9.17) is 10.5 Å². The SMILES string of the molecule is NC(=O)c1ccc2c(c1)OCc1ccncc1-2. The van der Waals surface area contributed by atoms with E-state index in [-0.39, 0.29) is 0 Å². The number of nitrogens with two attached hydrogens (primary N) is 1. The van der Waals surface area contributed by atoms with E-state index in [1.54, 1.807) is 24.5 Å². The van der Waals surface area contributed by atoms with Crippen molar-refractivity contribution in [3.63, 3.8) is 0 Å². The zero-order chi connectivity index (χ0) is 11.8. The van der Waals surface area contributed by atoms with E-state index in [0.29, 0.717) is 17.9 Å². The number of hydrogen-bond acceptors (Lipinski definition) is 3. The minimum absolute atomic E-state index is 0.451. The Bertz CT molecular complexity index is 608. The molecule has 0 radical (unpaired) electrons. The van der Waals surface area contributed by atoms with Crippen LogP contribution in [-0.4, -0.2) is 10.9 Å². The summed E-state index contributed by atoms with van der Waals surface area (Å²) in [6.07, 6.45) is 3.55.